The number of alkyl halides is 3. The maximum absolute atomic E-state index is 14.8. The number of sulfonamides is 1. The van der Waals surface area contributed by atoms with Crippen LogP contribution in [0.5, 0.6) is 0 Å². The number of benzene rings is 3. The van der Waals surface area contributed by atoms with Crippen LogP contribution in [0, 0.1) is 5.82 Å². The first kappa shape index (κ1) is 31.7. The van der Waals surface area contributed by atoms with E-state index in [-0.39, 0.29) is 33.2 Å². The highest BCUT2D eigenvalue weighted by Gasteiger charge is 2.34. The molecule has 3 aromatic carbocycles. The summed E-state index contributed by atoms with van der Waals surface area (Å²) in [6, 6.07) is 15.4. The zero-order valence-corrected chi connectivity index (χ0v) is 24.9. The zero-order chi connectivity index (χ0) is 32.7. The van der Waals surface area contributed by atoms with Gasteiger partial charge in [-0.1, -0.05) is 30.3 Å². The van der Waals surface area contributed by atoms with Crippen LogP contribution in [0.2, 0.25) is 0 Å². The Kier molecular flexibility index (Phi) is 8.18. The standard InChI is InChI=1S/C30H23F4N3O6S2/c1-44(40,41)17-18-6-4-8-21(14-18)45(42,43)36-29(39)27-26(22-9-5-13-35-28(22)38)23-15-20(30(32,33)34)11-12-25(23)37(27)16-19-7-2-3-10-24(19)31/h2-15H,16-17H2,1H3,(H,35,38)(H,36,39). The predicted molar refractivity (Wildman–Crippen MR) is 158 cm³/mol. The van der Waals surface area contributed by atoms with Crippen LogP contribution in [0.3, 0.4) is 0 Å². The number of halogens is 4. The average molecular weight is 662 g/mol. The Labute approximate surface area is 254 Å². The Hall–Kier alpha value is -4.76. The van der Waals surface area contributed by atoms with E-state index in [1.807, 2.05) is 4.72 Å². The summed E-state index contributed by atoms with van der Waals surface area (Å²) in [6.45, 7) is -0.425. The summed E-state index contributed by atoms with van der Waals surface area (Å²) in [4.78, 5) is 28.8. The highest BCUT2D eigenvalue weighted by molar-refractivity contribution is 7.90. The van der Waals surface area contributed by atoms with Crippen molar-refractivity contribution in [2.75, 3.05) is 6.26 Å². The van der Waals surface area contributed by atoms with Gasteiger partial charge < -0.3 is 9.55 Å². The van der Waals surface area contributed by atoms with Gasteiger partial charge in [0.2, 0.25) is 0 Å². The molecule has 0 saturated carbocycles. The summed E-state index contributed by atoms with van der Waals surface area (Å²) in [5.41, 5.74) is -2.84. The number of nitrogens with zero attached hydrogens (tertiary/aromatic N) is 1. The van der Waals surface area contributed by atoms with E-state index in [0.29, 0.717) is 0 Å². The van der Waals surface area contributed by atoms with E-state index < -0.39 is 71.8 Å². The second-order valence-corrected chi connectivity index (χ2v) is 14.0. The van der Waals surface area contributed by atoms with Crippen LogP contribution >= 0.6 is 0 Å². The molecule has 0 spiro atoms. The summed E-state index contributed by atoms with van der Waals surface area (Å²) in [5, 5.41) is -0.212. The number of aromatic amines is 1. The van der Waals surface area contributed by atoms with Crippen molar-refractivity contribution in [1.82, 2.24) is 14.3 Å². The van der Waals surface area contributed by atoms with Crippen molar-refractivity contribution in [2.24, 2.45) is 0 Å². The Morgan fingerprint density at radius 1 is 0.933 bits per heavy atom. The van der Waals surface area contributed by atoms with Gasteiger partial charge in [-0.15, -0.1) is 0 Å². The molecule has 0 fully saturated rings. The van der Waals surface area contributed by atoms with Gasteiger partial charge in [0.15, 0.2) is 9.84 Å². The van der Waals surface area contributed by atoms with E-state index in [4.69, 9.17) is 0 Å². The maximum atomic E-state index is 14.8. The molecule has 0 aliphatic carbocycles. The lowest BCUT2D eigenvalue weighted by atomic mass is 10.0. The fourth-order valence-electron chi connectivity index (χ4n) is 4.95. The molecule has 2 aromatic heterocycles. The number of carbonyl (C=O) groups excluding carboxylic acids is 1. The molecule has 5 rings (SSSR count). The third-order valence-corrected chi connectivity index (χ3v) is 9.03. The first-order chi connectivity index (χ1) is 21.0. The fourth-order valence-corrected chi connectivity index (χ4v) is 6.76. The van der Waals surface area contributed by atoms with Gasteiger partial charge in [0.1, 0.15) is 11.5 Å². The maximum Gasteiger partial charge on any atom is 0.416 e. The molecule has 0 bridgehead atoms. The van der Waals surface area contributed by atoms with Gasteiger partial charge in [-0.2, -0.15) is 13.2 Å². The van der Waals surface area contributed by atoms with E-state index >= 15 is 0 Å². The Balaban J connectivity index is 1.76. The molecule has 0 saturated heterocycles. The third kappa shape index (κ3) is 6.68. The lowest BCUT2D eigenvalue weighted by Crippen LogP contribution is -2.33. The number of sulfone groups is 1. The number of aromatic nitrogens is 2. The van der Waals surface area contributed by atoms with Gasteiger partial charge in [0.25, 0.3) is 21.5 Å². The van der Waals surface area contributed by atoms with E-state index in [1.54, 1.807) is 0 Å². The molecular weight excluding hydrogens is 638 g/mol. The largest absolute Gasteiger partial charge is 0.416 e. The number of nitrogens with one attached hydrogen (secondary N) is 2. The molecule has 15 heteroatoms. The minimum atomic E-state index is -4.81. The topological polar surface area (TPSA) is 135 Å². The number of amides is 1. The number of carbonyl (C=O) groups is 1. The van der Waals surface area contributed by atoms with Crippen molar-refractivity contribution < 1.29 is 39.2 Å². The van der Waals surface area contributed by atoms with Crippen LogP contribution in [0.4, 0.5) is 17.6 Å². The van der Waals surface area contributed by atoms with Crippen LogP contribution in [0.25, 0.3) is 22.0 Å². The van der Waals surface area contributed by atoms with Gasteiger partial charge in [-0.05, 0) is 54.1 Å². The first-order valence-electron chi connectivity index (χ1n) is 13.0. The molecule has 9 nitrogen and oxygen atoms in total. The van der Waals surface area contributed by atoms with Crippen molar-refractivity contribution in [3.63, 3.8) is 0 Å². The highest BCUT2D eigenvalue weighted by atomic mass is 32.2. The molecule has 1 amide bonds. The molecule has 0 atom stereocenters. The molecule has 0 aliphatic heterocycles. The van der Waals surface area contributed by atoms with E-state index in [1.165, 1.54) is 48.7 Å². The van der Waals surface area contributed by atoms with E-state index in [9.17, 15) is 44.0 Å². The number of hydrogen-bond donors (Lipinski definition) is 2. The van der Waals surface area contributed by atoms with Crippen molar-refractivity contribution in [2.45, 2.75) is 23.4 Å². The van der Waals surface area contributed by atoms with Gasteiger partial charge in [0.05, 0.1) is 22.8 Å². The quantitative estimate of drug-likeness (QED) is 0.228. The normalized spacial score (nSPS) is 12.4. The SMILES string of the molecule is CS(=O)(=O)Cc1cccc(S(=O)(=O)NC(=O)c2c(-c3ccc[nH]c3=O)c3cc(C(F)(F)F)ccc3n2Cc2ccccc2F)c1. The number of pyridine rings is 1. The van der Waals surface area contributed by atoms with Gasteiger partial charge in [-0.25, -0.2) is 25.9 Å². The molecule has 0 aliphatic rings. The van der Waals surface area contributed by atoms with Gasteiger partial charge in [-0.3, -0.25) is 9.59 Å². The molecule has 2 heterocycles. The third-order valence-electron chi connectivity index (χ3n) is 6.84. The number of H-pyrrole nitrogens is 1. The average Bonchev–Trinajstić information content (AvgIpc) is 3.26. The number of hydrogen-bond acceptors (Lipinski definition) is 6. The van der Waals surface area contributed by atoms with Crippen molar-refractivity contribution in [3.05, 3.63) is 124 Å². The van der Waals surface area contributed by atoms with Gasteiger partial charge in [0, 0.05) is 40.0 Å². The number of fused-ring (bicyclic) bond motifs is 1. The van der Waals surface area contributed by atoms with Crippen LogP contribution in [-0.4, -0.2) is 38.5 Å². The molecule has 45 heavy (non-hydrogen) atoms. The van der Waals surface area contributed by atoms with E-state index in [2.05, 4.69) is 4.98 Å². The molecule has 0 radical (unpaired) electrons. The minimum Gasteiger partial charge on any atom is -0.331 e. The Bertz CT molecular complexity index is 2240. The summed E-state index contributed by atoms with van der Waals surface area (Å²) in [7, 11) is -8.25. The van der Waals surface area contributed by atoms with Crippen LogP contribution in [-0.2, 0) is 38.3 Å². The molecule has 234 valence electrons. The van der Waals surface area contributed by atoms with Gasteiger partial charge >= 0.3 is 6.18 Å². The van der Waals surface area contributed by atoms with Crippen molar-refractivity contribution >= 4 is 36.7 Å². The predicted octanol–water partition coefficient (Wildman–Crippen LogP) is 4.87. The van der Waals surface area contributed by atoms with Crippen molar-refractivity contribution in [1.29, 1.82) is 0 Å². The Morgan fingerprint density at radius 3 is 2.33 bits per heavy atom. The van der Waals surface area contributed by atoms with Crippen LogP contribution < -0.4 is 10.3 Å². The minimum absolute atomic E-state index is 0.0118. The summed E-state index contributed by atoms with van der Waals surface area (Å²) < 4.78 is 110. The van der Waals surface area contributed by atoms with Crippen LogP contribution in [0.1, 0.15) is 27.2 Å². The molecule has 5 aromatic rings. The smallest absolute Gasteiger partial charge is 0.331 e. The van der Waals surface area contributed by atoms with E-state index in [0.717, 1.165) is 47.2 Å². The lowest BCUT2D eigenvalue weighted by Gasteiger charge is -2.14. The summed E-state index contributed by atoms with van der Waals surface area (Å²) >= 11 is 0. The molecule has 2 N–H and O–H groups in total. The zero-order valence-electron chi connectivity index (χ0n) is 23.2. The first-order valence-corrected chi connectivity index (χ1v) is 16.6. The van der Waals surface area contributed by atoms with Crippen LogP contribution in [0.15, 0.2) is 94.7 Å². The molecule has 0 unspecified atom stereocenters. The molecular formula is C30H23F4N3O6S2. The fraction of sp³-hybridized carbons (Fsp3) is 0.133. The second kappa shape index (κ2) is 11.6. The Morgan fingerprint density at radius 2 is 1.67 bits per heavy atom. The summed E-state index contributed by atoms with van der Waals surface area (Å²) in [5.74, 6) is -2.51. The number of rotatable bonds is 8. The lowest BCUT2D eigenvalue weighted by molar-refractivity contribution is -0.137. The second-order valence-electron chi connectivity index (χ2n) is 10.2. The summed E-state index contributed by atoms with van der Waals surface area (Å²) in [6.07, 6.45) is -2.59. The monoisotopic (exact) mass is 661 g/mol. The highest BCUT2D eigenvalue weighted by Crippen LogP contribution is 2.39. The van der Waals surface area contributed by atoms with Crippen molar-refractivity contribution in [3.8, 4) is 11.1 Å².